The molecule has 1 aliphatic carbocycles. The molecule has 0 N–H and O–H groups in total. The molecule has 0 bridgehead atoms. The largest absolute Gasteiger partial charge is 0.328 e. The molecule has 0 saturated heterocycles. The first kappa shape index (κ1) is 8.71. The molecule has 0 unspecified atom stereocenters. The lowest BCUT2D eigenvalue weighted by molar-refractivity contribution is 0.111. The molecule has 1 fully saturated rings. The van der Waals surface area contributed by atoms with E-state index in [-0.39, 0.29) is 0 Å². The third-order valence-electron chi connectivity index (χ3n) is 3.21. The van der Waals surface area contributed by atoms with Crippen molar-refractivity contribution in [3.8, 4) is 0 Å². The third kappa shape index (κ3) is 1.28. The van der Waals surface area contributed by atoms with Crippen molar-refractivity contribution < 1.29 is 4.79 Å². The maximum atomic E-state index is 10.6. The van der Waals surface area contributed by atoms with Crippen LogP contribution in [0.1, 0.15) is 42.2 Å². The van der Waals surface area contributed by atoms with Gasteiger partial charge >= 0.3 is 0 Å². The summed E-state index contributed by atoms with van der Waals surface area (Å²) in [5, 5.41) is 4.15. The van der Waals surface area contributed by atoms with Crippen molar-refractivity contribution >= 4 is 11.9 Å². The number of carbonyl (C=O) groups excluding carboxylic acids is 1. The van der Waals surface area contributed by atoms with Crippen LogP contribution in [0, 0.1) is 0 Å². The Balaban J connectivity index is 2.09. The summed E-state index contributed by atoms with van der Waals surface area (Å²) in [5.41, 5.74) is 1.54. The van der Waals surface area contributed by atoms with Gasteiger partial charge < -0.3 is 4.57 Å². The molecular formula is C11H13N3O. The lowest BCUT2D eigenvalue weighted by atomic mass is 10.2. The van der Waals surface area contributed by atoms with E-state index in [4.69, 9.17) is 0 Å². The summed E-state index contributed by atoms with van der Waals surface area (Å²) in [4.78, 5) is 10.6. The predicted octanol–water partition coefficient (Wildman–Crippen LogP) is 2.06. The van der Waals surface area contributed by atoms with Crippen LogP contribution in [0.5, 0.6) is 0 Å². The Morgan fingerprint density at radius 2 is 2.13 bits per heavy atom. The van der Waals surface area contributed by atoms with Gasteiger partial charge in [0, 0.05) is 24.5 Å². The van der Waals surface area contributed by atoms with E-state index in [1.165, 1.54) is 25.7 Å². The lowest BCUT2D eigenvalue weighted by Crippen LogP contribution is -2.02. The van der Waals surface area contributed by atoms with Crippen LogP contribution in [-0.2, 0) is 0 Å². The van der Waals surface area contributed by atoms with Gasteiger partial charge in [-0.05, 0) is 12.8 Å². The van der Waals surface area contributed by atoms with Crippen LogP contribution in [0.25, 0.3) is 5.65 Å². The molecule has 0 amide bonds. The van der Waals surface area contributed by atoms with Crippen molar-refractivity contribution in [2.75, 3.05) is 0 Å². The standard InChI is InChI=1S/C11H13N3O/c15-8-9-7-11-13(5-6-14(11)12-9)10-3-1-2-4-10/h5-8,10H,1-4H2. The number of nitrogens with zero attached hydrogens (tertiary/aromatic N) is 3. The molecule has 2 aromatic heterocycles. The number of hydrogen-bond acceptors (Lipinski definition) is 2. The Kier molecular flexibility index (Phi) is 1.87. The first-order valence-electron chi connectivity index (χ1n) is 5.40. The van der Waals surface area contributed by atoms with E-state index in [1.54, 1.807) is 4.52 Å². The Hall–Kier alpha value is -1.58. The molecule has 0 aliphatic heterocycles. The minimum atomic E-state index is 0.511. The molecule has 0 radical (unpaired) electrons. The fourth-order valence-electron chi connectivity index (χ4n) is 2.47. The Bertz CT molecular complexity index is 491. The molecule has 1 aliphatic rings. The summed E-state index contributed by atoms with van der Waals surface area (Å²) < 4.78 is 4.02. The second-order valence-corrected chi connectivity index (χ2v) is 4.13. The van der Waals surface area contributed by atoms with E-state index in [1.807, 2.05) is 12.3 Å². The molecule has 0 aromatic carbocycles. The highest BCUT2D eigenvalue weighted by Gasteiger charge is 2.18. The van der Waals surface area contributed by atoms with E-state index >= 15 is 0 Å². The quantitative estimate of drug-likeness (QED) is 0.701. The Morgan fingerprint density at radius 1 is 1.33 bits per heavy atom. The summed E-state index contributed by atoms with van der Waals surface area (Å²) >= 11 is 0. The average Bonchev–Trinajstić information content (AvgIpc) is 2.92. The van der Waals surface area contributed by atoms with Crippen molar-refractivity contribution in [3.63, 3.8) is 0 Å². The predicted molar refractivity (Wildman–Crippen MR) is 56.1 cm³/mol. The number of aromatic nitrogens is 3. The molecule has 15 heavy (non-hydrogen) atoms. The van der Waals surface area contributed by atoms with Crippen molar-refractivity contribution in [2.24, 2.45) is 0 Å². The van der Waals surface area contributed by atoms with Gasteiger partial charge in [-0.15, -0.1) is 0 Å². The van der Waals surface area contributed by atoms with E-state index in [9.17, 15) is 4.79 Å². The highest BCUT2D eigenvalue weighted by atomic mass is 16.1. The monoisotopic (exact) mass is 203 g/mol. The highest BCUT2D eigenvalue weighted by molar-refractivity contribution is 5.74. The van der Waals surface area contributed by atoms with Gasteiger partial charge in [-0.3, -0.25) is 4.79 Å². The van der Waals surface area contributed by atoms with Crippen LogP contribution < -0.4 is 0 Å². The van der Waals surface area contributed by atoms with Crippen LogP contribution >= 0.6 is 0 Å². The molecule has 4 nitrogen and oxygen atoms in total. The van der Waals surface area contributed by atoms with Crippen molar-refractivity contribution in [2.45, 2.75) is 31.7 Å². The zero-order valence-corrected chi connectivity index (χ0v) is 8.47. The lowest BCUT2D eigenvalue weighted by Gasteiger charge is -2.10. The molecule has 2 aromatic rings. The Morgan fingerprint density at radius 3 is 2.87 bits per heavy atom. The van der Waals surface area contributed by atoms with Gasteiger partial charge in [-0.1, -0.05) is 12.8 Å². The summed E-state index contributed by atoms with van der Waals surface area (Å²) in [6, 6.07) is 2.45. The summed E-state index contributed by atoms with van der Waals surface area (Å²) in [5.74, 6) is 0. The van der Waals surface area contributed by atoms with Crippen molar-refractivity contribution in [1.82, 2.24) is 14.2 Å². The van der Waals surface area contributed by atoms with E-state index in [0.717, 1.165) is 11.9 Å². The number of fused-ring (bicyclic) bond motifs is 1. The fraction of sp³-hybridized carbons (Fsp3) is 0.455. The topological polar surface area (TPSA) is 39.3 Å². The minimum Gasteiger partial charge on any atom is -0.328 e. The van der Waals surface area contributed by atoms with E-state index in [2.05, 4.69) is 15.9 Å². The van der Waals surface area contributed by atoms with E-state index < -0.39 is 0 Å². The number of carbonyl (C=O) groups is 1. The van der Waals surface area contributed by atoms with Gasteiger partial charge in [0.1, 0.15) is 11.3 Å². The SMILES string of the molecule is O=Cc1cc2n(C3CCCC3)ccn2n1. The van der Waals surface area contributed by atoms with Gasteiger partial charge in [0.2, 0.25) is 0 Å². The van der Waals surface area contributed by atoms with Crippen LogP contribution in [0.15, 0.2) is 18.5 Å². The number of rotatable bonds is 2. The molecule has 2 heterocycles. The number of imidazole rings is 1. The first-order chi connectivity index (χ1) is 7.38. The number of aldehydes is 1. The Labute approximate surface area is 87.5 Å². The maximum Gasteiger partial charge on any atom is 0.170 e. The molecular weight excluding hydrogens is 190 g/mol. The zero-order valence-electron chi connectivity index (χ0n) is 8.47. The number of hydrogen-bond donors (Lipinski definition) is 0. The van der Waals surface area contributed by atoms with Crippen LogP contribution in [-0.4, -0.2) is 20.5 Å². The van der Waals surface area contributed by atoms with Gasteiger partial charge in [0.25, 0.3) is 0 Å². The molecule has 1 saturated carbocycles. The molecule has 78 valence electrons. The highest BCUT2D eigenvalue weighted by Crippen LogP contribution is 2.30. The first-order valence-corrected chi connectivity index (χ1v) is 5.40. The summed E-state index contributed by atoms with van der Waals surface area (Å²) in [7, 11) is 0. The maximum absolute atomic E-state index is 10.6. The zero-order chi connectivity index (χ0) is 10.3. The van der Waals surface area contributed by atoms with Crippen molar-refractivity contribution in [3.05, 3.63) is 24.2 Å². The second kappa shape index (κ2) is 3.22. The van der Waals surface area contributed by atoms with Gasteiger partial charge in [-0.25, -0.2) is 4.52 Å². The summed E-state index contributed by atoms with van der Waals surface area (Å²) in [6.07, 6.45) is 9.88. The smallest absolute Gasteiger partial charge is 0.170 e. The fourth-order valence-corrected chi connectivity index (χ4v) is 2.47. The van der Waals surface area contributed by atoms with E-state index in [0.29, 0.717) is 11.7 Å². The molecule has 0 spiro atoms. The average molecular weight is 203 g/mol. The normalized spacial score (nSPS) is 17.6. The van der Waals surface area contributed by atoms with Gasteiger partial charge in [0.15, 0.2) is 6.29 Å². The van der Waals surface area contributed by atoms with Crippen LogP contribution in [0.2, 0.25) is 0 Å². The minimum absolute atomic E-state index is 0.511. The molecule has 3 rings (SSSR count). The van der Waals surface area contributed by atoms with Gasteiger partial charge in [-0.2, -0.15) is 5.10 Å². The van der Waals surface area contributed by atoms with Crippen LogP contribution in [0.3, 0.4) is 0 Å². The second-order valence-electron chi connectivity index (χ2n) is 4.13. The third-order valence-corrected chi connectivity index (χ3v) is 3.21. The van der Waals surface area contributed by atoms with Crippen molar-refractivity contribution in [1.29, 1.82) is 0 Å². The van der Waals surface area contributed by atoms with Gasteiger partial charge in [0.05, 0.1) is 0 Å². The summed E-state index contributed by atoms with van der Waals surface area (Å²) in [6.45, 7) is 0. The molecule has 0 atom stereocenters. The van der Waals surface area contributed by atoms with Crippen LogP contribution in [0.4, 0.5) is 0 Å². The molecule has 4 heteroatoms.